The summed E-state index contributed by atoms with van der Waals surface area (Å²) >= 11 is 0. The molecular weight excluding hydrogens is 467 g/mol. The minimum absolute atomic E-state index is 0. The van der Waals surface area contributed by atoms with Crippen LogP contribution >= 0.6 is 23.5 Å². The van der Waals surface area contributed by atoms with Gasteiger partial charge < -0.3 is 57.7 Å². The van der Waals surface area contributed by atoms with E-state index in [0.717, 1.165) is 0 Å². The molecule has 0 atom stereocenters. The second-order valence-corrected chi connectivity index (χ2v) is 4.02. The Morgan fingerprint density at radius 2 is 0.444 bits per heavy atom. The molecule has 0 fully saturated rings. The molecule has 0 N–H and O–H groups in total. The van der Waals surface area contributed by atoms with Gasteiger partial charge in [-0.3, -0.25) is 0 Å². The Hall–Kier alpha value is 2.16. The number of hydrogen-bond acceptors (Lipinski definition) is 12. The molecule has 18 heteroatoms. The summed E-state index contributed by atoms with van der Waals surface area (Å²) in [6.07, 6.45) is 0. The fourth-order valence-corrected chi connectivity index (χ4v) is 0. The van der Waals surface area contributed by atoms with Crippen molar-refractivity contribution in [3.63, 3.8) is 0 Å². The summed E-state index contributed by atoms with van der Waals surface area (Å²) in [7, 11) is -16.2. The average molecular weight is 467 g/mol. The molecule has 18 heavy (non-hydrogen) atoms. The first-order valence-electron chi connectivity index (χ1n) is 2.19. The van der Waals surface area contributed by atoms with Gasteiger partial charge in [-0.05, 0) is 0 Å². The van der Waals surface area contributed by atoms with E-state index in [4.69, 9.17) is 57.7 Å². The van der Waals surface area contributed by atoms with Crippen molar-refractivity contribution in [2.45, 2.75) is 0 Å². The van der Waals surface area contributed by atoms with Crippen LogP contribution in [0.5, 0.6) is 0 Å². The Morgan fingerprint density at radius 3 is 0.444 bits per heavy atom. The van der Waals surface area contributed by atoms with E-state index in [1.54, 1.807) is 0 Å². The molecule has 0 aromatic rings. The predicted octanol–water partition coefficient (Wildman–Crippen LogP) is -8.48. The van der Waals surface area contributed by atoms with Crippen molar-refractivity contribution in [2.24, 2.45) is 0 Å². The van der Waals surface area contributed by atoms with Gasteiger partial charge in [0.2, 0.25) is 0 Å². The topological polar surface area (TPSA) is 259 Å². The van der Waals surface area contributed by atoms with Gasteiger partial charge in [-0.15, -0.1) is 0 Å². The third-order valence-corrected chi connectivity index (χ3v) is 0. The summed E-state index contributed by atoms with van der Waals surface area (Å²) in [4.78, 5) is 76.9. The van der Waals surface area contributed by atoms with Gasteiger partial charge in [-0.2, -0.15) is 23.5 Å². The first-order chi connectivity index (χ1) is 6.00. The fourth-order valence-electron chi connectivity index (χ4n) is 0. The molecule has 0 rings (SSSR count). The summed E-state index contributed by atoms with van der Waals surface area (Å²) in [6, 6.07) is 0. The molecule has 0 spiro atoms. The quantitative estimate of drug-likeness (QED) is 0.238. The van der Waals surface area contributed by atoms with Crippen LogP contribution < -0.4 is 44.0 Å². The van der Waals surface area contributed by atoms with Crippen LogP contribution in [0.4, 0.5) is 0 Å². The standard InChI is InChI=1S/3H3O4P.V.2Zn/c3*1-5(2,3)4;;;/h3*(H3,1,2,3,4);;;/q;;;;2*+2/p-9. The van der Waals surface area contributed by atoms with Crippen molar-refractivity contribution in [3.8, 4) is 0 Å². The molecule has 0 heterocycles. The summed E-state index contributed by atoms with van der Waals surface area (Å²) < 4.78 is 25.6. The first-order valence-corrected chi connectivity index (χ1v) is 6.57. The number of rotatable bonds is 0. The molecule has 0 aliphatic carbocycles. The van der Waals surface area contributed by atoms with Crippen LogP contribution in [0.15, 0.2) is 0 Å². The van der Waals surface area contributed by atoms with Gasteiger partial charge in [-0.25, -0.2) is 0 Å². The molecule has 0 unspecified atom stereocenters. The summed E-state index contributed by atoms with van der Waals surface area (Å²) in [6.45, 7) is 0. The summed E-state index contributed by atoms with van der Waals surface area (Å²) in [5.41, 5.74) is 0. The van der Waals surface area contributed by atoms with Gasteiger partial charge in [-0.1, -0.05) is 0 Å². The smallest absolute Gasteiger partial charge is 0.822 e. The van der Waals surface area contributed by atoms with E-state index < -0.39 is 23.5 Å². The molecule has 0 aromatic carbocycles. The van der Waals surface area contributed by atoms with Crippen LogP contribution in [0, 0.1) is 0 Å². The molecule has 0 saturated carbocycles. The van der Waals surface area contributed by atoms with E-state index in [0.29, 0.717) is 0 Å². The van der Waals surface area contributed by atoms with E-state index in [-0.39, 0.29) is 57.5 Å². The largest absolute Gasteiger partial charge is 2.00 e. The molecule has 0 aliphatic heterocycles. The molecule has 12 nitrogen and oxygen atoms in total. The predicted molar refractivity (Wildman–Crippen MR) is 22.8 cm³/mol. The maximum atomic E-state index is 8.55. The molecule has 101 valence electrons. The van der Waals surface area contributed by atoms with E-state index in [9.17, 15) is 0 Å². The minimum Gasteiger partial charge on any atom is -0.822 e. The second kappa shape index (κ2) is 15.5. The summed E-state index contributed by atoms with van der Waals surface area (Å²) in [5.74, 6) is 0. The SMILES string of the molecule is O=P([O-])([O-])[O-].O=P([O-])([O-])[O-].O=P([O-])([O-])[O-].[V].[Zn+2].[Zn+2]. The Labute approximate surface area is 138 Å². The third kappa shape index (κ3) is 1150. The van der Waals surface area contributed by atoms with Gasteiger partial charge in [0.05, 0.1) is 0 Å². The zero-order chi connectivity index (χ0) is 13.5. The molecule has 0 aliphatic rings. The molecule has 0 aromatic heterocycles. The molecule has 0 bridgehead atoms. The van der Waals surface area contributed by atoms with Crippen LogP contribution in [0.2, 0.25) is 0 Å². The van der Waals surface area contributed by atoms with Gasteiger partial charge in [0.15, 0.2) is 0 Å². The number of hydrogen-bond donors (Lipinski definition) is 0. The first kappa shape index (κ1) is 36.9. The van der Waals surface area contributed by atoms with Gasteiger partial charge >= 0.3 is 39.0 Å². The van der Waals surface area contributed by atoms with Crippen LogP contribution in [0.3, 0.4) is 0 Å². The Kier molecular flexibility index (Phi) is 31.9. The van der Waals surface area contributed by atoms with Crippen molar-refractivity contribution in [1.82, 2.24) is 0 Å². The fraction of sp³-hybridized carbons (Fsp3) is 0. The maximum Gasteiger partial charge on any atom is 2.00 e. The van der Waals surface area contributed by atoms with E-state index in [1.165, 1.54) is 0 Å². The molecule has 0 amide bonds. The zero-order valence-corrected chi connectivity index (χ0v) is 18.1. The molecular formula is O12P3VZn2-5. The van der Waals surface area contributed by atoms with E-state index in [2.05, 4.69) is 0 Å². The Bertz CT molecular complexity index is 211. The number of phosphoric acid groups is 3. The van der Waals surface area contributed by atoms with Crippen molar-refractivity contribution in [1.29, 1.82) is 0 Å². The van der Waals surface area contributed by atoms with E-state index >= 15 is 0 Å². The minimum atomic E-state index is -5.39. The normalized spacial score (nSPS) is 9.83. The average Bonchev–Trinajstić information content (AvgIpc) is 1.41. The van der Waals surface area contributed by atoms with E-state index in [1.807, 2.05) is 0 Å². The van der Waals surface area contributed by atoms with Crippen molar-refractivity contribution in [3.05, 3.63) is 0 Å². The monoisotopic (exact) mass is 464 g/mol. The third-order valence-electron chi connectivity index (χ3n) is 0. The van der Waals surface area contributed by atoms with Gasteiger partial charge in [0.1, 0.15) is 0 Å². The van der Waals surface area contributed by atoms with Crippen LogP contribution in [-0.2, 0) is 71.2 Å². The van der Waals surface area contributed by atoms with Crippen LogP contribution in [-0.4, -0.2) is 0 Å². The summed E-state index contributed by atoms with van der Waals surface area (Å²) in [5, 5.41) is 0. The molecule has 0 saturated heterocycles. The second-order valence-electron chi connectivity index (χ2n) is 1.34. The zero-order valence-electron chi connectivity index (χ0n) is 8.10. The van der Waals surface area contributed by atoms with Crippen molar-refractivity contribution in [2.75, 3.05) is 0 Å². The maximum absolute atomic E-state index is 8.55. The molecule has 1 radical (unpaired) electrons. The van der Waals surface area contributed by atoms with Gasteiger partial charge in [0, 0.05) is 18.6 Å². The Balaban J connectivity index is -0.0000000277. The van der Waals surface area contributed by atoms with Crippen molar-refractivity contribution < 1.29 is 115 Å². The van der Waals surface area contributed by atoms with Gasteiger partial charge in [0.25, 0.3) is 0 Å². The van der Waals surface area contributed by atoms with Crippen molar-refractivity contribution >= 4 is 23.5 Å². The van der Waals surface area contributed by atoms with Crippen LogP contribution in [0.1, 0.15) is 0 Å². The van der Waals surface area contributed by atoms with Crippen LogP contribution in [0.25, 0.3) is 0 Å². The Morgan fingerprint density at radius 1 is 0.444 bits per heavy atom.